The average Bonchev–Trinajstić information content (AvgIpc) is 2.88. The lowest BCUT2D eigenvalue weighted by molar-refractivity contribution is 0.0526. The van der Waals surface area contributed by atoms with Crippen molar-refractivity contribution in [2.45, 2.75) is 20.8 Å². The van der Waals surface area contributed by atoms with E-state index in [-0.39, 0.29) is 5.97 Å². The van der Waals surface area contributed by atoms with Crippen molar-refractivity contribution in [3.05, 3.63) is 59.4 Å². The molecular formula is C18H18N4O2. The van der Waals surface area contributed by atoms with Crippen LogP contribution in [0.5, 0.6) is 0 Å². The zero-order chi connectivity index (χ0) is 17.1. The molecular weight excluding hydrogens is 304 g/mol. The number of hydrogen-bond donors (Lipinski definition) is 0. The number of aryl methyl sites for hydroxylation is 2. The third-order valence-corrected chi connectivity index (χ3v) is 3.55. The van der Waals surface area contributed by atoms with Gasteiger partial charge in [0, 0.05) is 6.20 Å². The quantitative estimate of drug-likeness (QED) is 0.523. The largest absolute Gasteiger partial charge is 0.462 e. The third-order valence-electron chi connectivity index (χ3n) is 3.55. The van der Waals surface area contributed by atoms with Gasteiger partial charge in [0.05, 0.1) is 23.6 Å². The molecule has 0 aliphatic rings. The summed E-state index contributed by atoms with van der Waals surface area (Å²) < 4.78 is 6.88. The molecule has 0 spiro atoms. The minimum absolute atomic E-state index is 0.339. The molecule has 3 aromatic rings. The van der Waals surface area contributed by atoms with Crippen molar-refractivity contribution >= 4 is 23.1 Å². The lowest BCUT2D eigenvalue weighted by Gasteiger charge is -2.01. The lowest BCUT2D eigenvalue weighted by Crippen LogP contribution is -2.03. The van der Waals surface area contributed by atoms with Crippen LogP contribution >= 0.6 is 0 Å². The Morgan fingerprint density at radius 2 is 1.88 bits per heavy atom. The Bertz CT molecular complexity index is 911. The van der Waals surface area contributed by atoms with Crippen molar-refractivity contribution in [3.63, 3.8) is 0 Å². The molecule has 0 aliphatic carbocycles. The van der Waals surface area contributed by atoms with E-state index in [1.165, 1.54) is 0 Å². The van der Waals surface area contributed by atoms with Gasteiger partial charge in [0.2, 0.25) is 0 Å². The summed E-state index contributed by atoms with van der Waals surface area (Å²) in [7, 11) is 0. The van der Waals surface area contributed by atoms with Crippen LogP contribution < -0.4 is 0 Å². The first-order valence-electron chi connectivity index (χ1n) is 7.72. The second kappa shape index (κ2) is 6.62. The van der Waals surface area contributed by atoms with Crippen LogP contribution in [0.3, 0.4) is 0 Å². The van der Waals surface area contributed by atoms with Crippen LogP contribution in [0.15, 0.2) is 52.8 Å². The highest BCUT2D eigenvalue weighted by Gasteiger charge is 2.08. The van der Waals surface area contributed by atoms with Crippen molar-refractivity contribution in [1.82, 2.24) is 9.38 Å². The van der Waals surface area contributed by atoms with Crippen LogP contribution in [0.2, 0.25) is 0 Å². The molecule has 2 aromatic heterocycles. The van der Waals surface area contributed by atoms with Gasteiger partial charge in [0.15, 0.2) is 5.82 Å². The van der Waals surface area contributed by atoms with Crippen LogP contribution in [-0.4, -0.2) is 22.0 Å². The van der Waals surface area contributed by atoms with E-state index < -0.39 is 0 Å². The first-order valence-corrected chi connectivity index (χ1v) is 7.72. The normalized spacial score (nSPS) is 11.3. The maximum absolute atomic E-state index is 11.6. The molecule has 0 amide bonds. The molecule has 0 unspecified atom stereocenters. The number of pyridine rings is 1. The summed E-state index contributed by atoms with van der Waals surface area (Å²) in [6, 6.07) is 10.8. The summed E-state index contributed by atoms with van der Waals surface area (Å²) in [5.74, 6) is 0.359. The van der Waals surface area contributed by atoms with Gasteiger partial charge in [-0.2, -0.15) is 0 Å². The highest BCUT2D eigenvalue weighted by molar-refractivity contribution is 5.89. The molecule has 0 bridgehead atoms. The number of carbonyl (C=O) groups excluding carboxylic acids is 1. The van der Waals surface area contributed by atoms with E-state index in [9.17, 15) is 4.79 Å². The smallest absolute Gasteiger partial charge is 0.338 e. The molecule has 122 valence electrons. The number of ether oxygens (including phenoxy) is 1. The van der Waals surface area contributed by atoms with E-state index >= 15 is 0 Å². The average molecular weight is 322 g/mol. The fourth-order valence-electron chi connectivity index (χ4n) is 2.36. The van der Waals surface area contributed by atoms with Gasteiger partial charge in [-0.1, -0.05) is 6.07 Å². The van der Waals surface area contributed by atoms with Crippen molar-refractivity contribution in [2.75, 3.05) is 6.61 Å². The zero-order valence-electron chi connectivity index (χ0n) is 13.9. The Morgan fingerprint density at radius 3 is 2.58 bits per heavy atom. The van der Waals surface area contributed by atoms with Crippen molar-refractivity contribution in [1.29, 1.82) is 0 Å². The summed E-state index contributed by atoms with van der Waals surface area (Å²) >= 11 is 0. The van der Waals surface area contributed by atoms with Crippen LogP contribution in [0.1, 0.15) is 28.5 Å². The monoisotopic (exact) mass is 322 g/mol. The van der Waals surface area contributed by atoms with Gasteiger partial charge in [-0.05, 0) is 56.7 Å². The second-order valence-electron chi connectivity index (χ2n) is 5.42. The number of azo groups is 1. The highest BCUT2D eigenvalue weighted by Crippen LogP contribution is 2.24. The minimum Gasteiger partial charge on any atom is -0.462 e. The Labute approximate surface area is 139 Å². The fourth-order valence-corrected chi connectivity index (χ4v) is 2.36. The Hall–Kier alpha value is -3.02. The van der Waals surface area contributed by atoms with E-state index in [0.717, 1.165) is 16.9 Å². The van der Waals surface area contributed by atoms with E-state index in [4.69, 9.17) is 4.74 Å². The first kappa shape index (κ1) is 15.9. The fraction of sp³-hybridized carbons (Fsp3) is 0.222. The molecule has 0 saturated carbocycles. The third kappa shape index (κ3) is 3.17. The van der Waals surface area contributed by atoms with Gasteiger partial charge in [-0.25, -0.2) is 9.78 Å². The molecule has 0 atom stereocenters. The SMILES string of the molecule is CCOC(=O)c1ccc(N=Nc2c(C)nc3ccc(C)cn23)cc1. The van der Waals surface area contributed by atoms with Crippen LogP contribution in [-0.2, 0) is 4.74 Å². The number of rotatable bonds is 4. The van der Waals surface area contributed by atoms with E-state index in [1.54, 1.807) is 31.2 Å². The topological polar surface area (TPSA) is 68.3 Å². The molecule has 24 heavy (non-hydrogen) atoms. The predicted octanol–water partition coefficient (Wildman–Crippen LogP) is 4.54. The molecule has 0 saturated heterocycles. The van der Waals surface area contributed by atoms with Crippen molar-refractivity contribution < 1.29 is 9.53 Å². The number of aromatic nitrogens is 2. The standard InChI is InChI=1S/C18H18N4O2/c1-4-24-18(23)14-6-8-15(9-7-14)20-21-17-13(3)19-16-10-5-12(2)11-22(16)17/h5-11H,4H2,1-3H3. The van der Waals surface area contributed by atoms with Gasteiger partial charge in [-0.15, -0.1) is 10.2 Å². The van der Waals surface area contributed by atoms with Crippen LogP contribution in [0.4, 0.5) is 11.5 Å². The molecule has 3 rings (SSSR count). The number of imidazole rings is 1. The molecule has 0 radical (unpaired) electrons. The maximum Gasteiger partial charge on any atom is 0.338 e. The summed E-state index contributed by atoms with van der Waals surface area (Å²) in [6.07, 6.45) is 1.98. The van der Waals surface area contributed by atoms with E-state index in [2.05, 4.69) is 15.2 Å². The summed E-state index contributed by atoms with van der Waals surface area (Å²) in [4.78, 5) is 16.1. The number of carbonyl (C=O) groups is 1. The van der Waals surface area contributed by atoms with Crippen LogP contribution in [0, 0.1) is 13.8 Å². The first-order chi connectivity index (χ1) is 11.6. The van der Waals surface area contributed by atoms with Gasteiger partial charge in [0.25, 0.3) is 0 Å². The minimum atomic E-state index is -0.339. The molecule has 0 aliphatic heterocycles. The number of fused-ring (bicyclic) bond motifs is 1. The van der Waals surface area contributed by atoms with E-state index in [1.807, 2.05) is 36.6 Å². The number of hydrogen-bond acceptors (Lipinski definition) is 5. The molecule has 0 N–H and O–H groups in total. The van der Waals surface area contributed by atoms with Gasteiger partial charge in [0.1, 0.15) is 5.65 Å². The zero-order valence-corrected chi connectivity index (χ0v) is 13.9. The second-order valence-corrected chi connectivity index (χ2v) is 5.42. The molecule has 2 heterocycles. The number of esters is 1. The summed E-state index contributed by atoms with van der Waals surface area (Å²) in [5.41, 5.74) is 3.93. The molecule has 1 aromatic carbocycles. The van der Waals surface area contributed by atoms with Crippen molar-refractivity contribution in [3.8, 4) is 0 Å². The maximum atomic E-state index is 11.6. The Kier molecular flexibility index (Phi) is 4.37. The number of benzene rings is 1. The van der Waals surface area contributed by atoms with E-state index in [0.29, 0.717) is 23.7 Å². The molecule has 0 fully saturated rings. The summed E-state index contributed by atoms with van der Waals surface area (Å²) in [6.45, 7) is 6.05. The summed E-state index contributed by atoms with van der Waals surface area (Å²) in [5, 5.41) is 8.57. The Morgan fingerprint density at radius 1 is 1.12 bits per heavy atom. The molecule has 6 heteroatoms. The molecule has 6 nitrogen and oxygen atoms in total. The van der Waals surface area contributed by atoms with Crippen LogP contribution in [0.25, 0.3) is 5.65 Å². The number of nitrogens with zero attached hydrogens (tertiary/aromatic N) is 4. The lowest BCUT2D eigenvalue weighted by atomic mass is 10.2. The predicted molar refractivity (Wildman–Crippen MR) is 91.2 cm³/mol. The van der Waals surface area contributed by atoms with Crippen molar-refractivity contribution in [2.24, 2.45) is 10.2 Å². The van der Waals surface area contributed by atoms with Gasteiger partial charge < -0.3 is 4.74 Å². The van der Waals surface area contributed by atoms with Gasteiger partial charge in [-0.3, -0.25) is 4.40 Å². The van der Waals surface area contributed by atoms with Gasteiger partial charge >= 0.3 is 5.97 Å². The Balaban J connectivity index is 1.87. The highest BCUT2D eigenvalue weighted by atomic mass is 16.5.